The summed E-state index contributed by atoms with van der Waals surface area (Å²) in [4.78, 5) is 26.7. The van der Waals surface area contributed by atoms with Gasteiger partial charge in [-0.15, -0.1) is 0 Å². The Balaban J connectivity index is 2.40. The van der Waals surface area contributed by atoms with Gasteiger partial charge in [0, 0.05) is 18.5 Å². The minimum atomic E-state index is -5.15. The molecular formula is C23H25Cl2NO8S. The first-order chi connectivity index (χ1) is 16.4. The average molecular weight is 546 g/mol. The van der Waals surface area contributed by atoms with Gasteiger partial charge >= 0.3 is 0 Å². The fourth-order valence-corrected chi connectivity index (χ4v) is 6.64. The Labute approximate surface area is 213 Å². The van der Waals surface area contributed by atoms with Crippen LogP contribution in [0.1, 0.15) is 35.7 Å². The first kappa shape index (κ1) is 27.1. The first-order valence-electron chi connectivity index (χ1n) is 10.5. The van der Waals surface area contributed by atoms with Crippen molar-refractivity contribution in [2.75, 3.05) is 27.9 Å². The van der Waals surface area contributed by atoms with Crippen LogP contribution in [0.5, 0.6) is 17.2 Å². The normalized spacial score (nSPS) is 19.6. The van der Waals surface area contributed by atoms with Crippen LogP contribution in [-0.4, -0.2) is 57.3 Å². The van der Waals surface area contributed by atoms with Gasteiger partial charge in [-0.2, -0.15) is 8.42 Å². The summed E-state index contributed by atoms with van der Waals surface area (Å²) in [6.07, 6.45) is -0.759. The molecule has 190 valence electrons. The molecule has 2 unspecified atom stereocenters. The SMILES string of the molecule is CCC(C(=O)c1cc(OC)c(OC)c(OC)c1)(C1(c2ccc(Cl)c(Cl)c2)CNC(=O)C1)S(=O)(=O)O. The molecule has 0 aromatic heterocycles. The second-order valence-electron chi connectivity index (χ2n) is 8.06. The van der Waals surface area contributed by atoms with Crippen molar-refractivity contribution in [2.45, 2.75) is 29.9 Å². The number of hydrogen-bond acceptors (Lipinski definition) is 7. The number of nitrogens with one attached hydrogen (secondary N) is 1. The molecule has 1 aliphatic rings. The van der Waals surface area contributed by atoms with E-state index in [1.54, 1.807) is 0 Å². The van der Waals surface area contributed by atoms with E-state index in [1.807, 2.05) is 0 Å². The maximum atomic E-state index is 14.2. The smallest absolute Gasteiger partial charge is 0.279 e. The average Bonchev–Trinajstić information content (AvgIpc) is 3.22. The van der Waals surface area contributed by atoms with Gasteiger partial charge in [0.2, 0.25) is 11.7 Å². The molecule has 0 bridgehead atoms. The zero-order valence-corrected chi connectivity index (χ0v) is 21.8. The number of ketones is 1. The van der Waals surface area contributed by atoms with Crippen molar-refractivity contribution in [3.63, 3.8) is 0 Å². The number of hydrogen-bond donors (Lipinski definition) is 2. The summed E-state index contributed by atoms with van der Waals surface area (Å²) in [5, 5.41) is 2.91. The van der Waals surface area contributed by atoms with E-state index in [1.165, 1.54) is 58.6 Å². The molecule has 1 saturated heterocycles. The molecular weight excluding hydrogens is 521 g/mol. The lowest BCUT2D eigenvalue weighted by molar-refractivity contribution is -0.119. The summed E-state index contributed by atoms with van der Waals surface area (Å²) in [6, 6.07) is 6.94. The second-order valence-corrected chi connectivity index (χ2v) is 10.5. The van der Waals surface area contributed by atoms with E-state index in [9.17, 15) is 22.6 Å². The number of ether oxygens (including phenoxy) is 3. The topological polar surface area (TPSA) is 128 Å². The highest BCUT2D eigenvalue weighted by Gasteiger charge is 2.66. The molecule has 1 fully saturated rings. The van der Waals surface area contributed by atoms with Crippen LogP contribution in [0.15, 0.2) is 30.3 Å². The number of methoxy groups -OCH3 is 3. The molecule has 1 amide bonds. The van der Waals surface area contributed by atoms with Gasteiger partial charge in [0.25, 0.3) is 10.1 Å². The van der Waals surface area contributed by atoms with Gasteiger partial charge in [0.15, 0.2) is 22.0 Å². The van der Waals surface area contributed by atoms with Crippen LogP contribution >= 0.6 is 23.2 Å². The third kappa shape index (κ3) is 4.22. The highest BCUT2D eigenvalue weighted by Crippen LogP contribution is 2.51. The Kier molecular flexibility index (Phi) is 7.61. The monoisotopic (exact) mass is 545 g/mol. The molecule has 0 radical (unpaired) electrons. The summed E-state index contributed by atoms with van der Waals surface area (Å²) >= 11 is 12.3. The Bertz CT molecular complexity index is 1260. The largest absolute Gasteiger partial charge is 0.493 e. The summed E-state index contributed by atoms with van der Waals surface area (Å²) in [6.45, 7) is 1.21. The lowest BCUT2D eigenvalue weighted by Gasteiger charge is -2.44. The van der Waals surface area contributed by atoms with E-state index in [0.717, 1.165) is 0 Å². The maximum Gasteiger partial charge on any atom is 0.279 e. The number of benzene rings is 2. The van der Waals surface area contributed by atoms with Crippen molar-refractivity contribution in [1.29, 1.82) is 0 Å². The third-order valence-electron chi connectivity index (χ3n) is 6.53. The summed E-state index contributed by atoms with van der Waals surface area (Å²) in [5.41, 5.74) is -1.58. The van der Waals surface area contributed by atoms with Gasteiger partial charge in [0.05, 0.1) is 36.8 Å². The number of Topliss-reactive ketones (excluding diaryl/α,β-unsaturated/α-hetero) is 1. The molecule has 2 aromatic carbocycles. The second kappa shape index (κ2) is 9.85. The van der Waals surface area contributed by atoms with Gasteiger partial charge in [-0.1, -0.05) is 36.2 Å². The van der Waals surface area contributed by atoms with Crippen LogP contribution in [-0.2, 0) is 20.3 Å². The molecule has 1 aliphatic heterocycles. The molecule has 0 aliphatic carbocycles. The minimum absolute atomic E-state index is 0.100. The number of carbonyl (C=O) groups excluding carboxylic acids is 2. The molecule has 0 saturated carbocycles. The van der Waals surface area contributed by atoms with Crippen molar-refractivity contribution < 1.29 is 36.8 Å². The van der Waals surface area contributed by atoms with E-state index < -0.39 is 38.4 Å². The van der Waals surface area contributed by atoms with E-state index in [0.29, 0.717) is 0 Å². The molecule has 12 heteroatoms. The van der Waals surface area contributed by atoms with Crippen LogP contribution in [0.3, 0.4) is 0 Å². The van der Waals surface area contributed by atoms with Crippen LogP contribution in [0.25, 0.3) is 0 Å². The van der Waals surface area contributed by atoms with Gasteiger partial charge in [-0.3, -0.25) is 14.1 Å². The van der Waals surface area contributed by atoms with Crippen molar-refractivity contribution >= 4 is 45.0 Å². The number of carbonyl (C=O) groups is 2. The molecule has 9 nitrogen and oxygen atoms in total. The van der Waals surface area contributed by atoms with Crippen LogP contribution < -0.4 is 19.5 Å². The van der Waals surface area contributed by atoms with E-state index in [2.05, 4.69) is 5.32 Å². The first-order valence-corrected chi connectivity index (χ1v) is 12.7. The van der Waals surface area contributed by atoms with Crippen molar-refractivity contribution in [3.8, 4) is 17.2 Å². The third-order valence-corrected chi connectivity index (χ3v) is 9.01. The summed E-state index contributed by atoms with van der Waals surface area (Å²) < 4.78 is 50.5. The molecule has 1 heterocycles. The van der Waals surface area contributed by atoms with Crippen LogP contribution in [0.4, 0.5) is 0 Å². The van der Waals surface area contributed by atoms with Crippen LogP contribution in [0.2, 0.25) is 10.0 Å². The van der Waals surface area contributed by atoms with Gasteiger partial charge in [-0.25, -0.2) is 0 Å². The standard InChI is InChI=1S/C23H25Cl2NO8S/c1-5-23(35(29,30)31,21(28)13-8-17(32-2)20(34-4)18(9-13)33-3)22(11-19(27)26-12-22)14-6-7-15(24)16(25)10-14/h6-10H,5,11-12H2,1-4H3,(H,26,27)(H,29,30,31). The number of halogens is 2. The quantitative estimate of drug-likeness (QED) is 0.360. The zero-order chi connectivity index (χ0) is 26.2. The van der Waals surface area contributed by atoms with Crippen molar-refractivity contribution in [2.24, 2.45) is 0 Å². The predicted molar refractivity (Wildman–Crippen MR) is 131 cm³/mol. The molecule has 2 N–H and O–H groups in total. The predicted octanol–water partition coefficient (Wildman–Crippen LogP) is 3.70. The molecule has 35 heavy (non-hydrogen) atoms. The van der Waals surface area contributed by atoms with Gasteiger partial charge in [-0.05, 0) is 36.2 Å². The minimum Gasteiger partial charge on any atom is -0.493 e. The van der Waals surface area contributed by atoms with Crippen molar-refractivity contribution in [3.05, 3.63) is 51.5 Å². The zero-order valence-electron chi connectivity index (χ0n) is 19.5. The summed E-state index contributed by atoms with van der Waals surface area (Å²) in [7, 11) is -1.07. The van der Waals surface area contributed by atoms with Gasteiger partial charge < -0.3 is 19.5 Å². The Morgan fingerprint density at radius 1 is 1.09 bits per heavy atom. The maximum absolute atomic E-state index is 14.2. The molecule has 2 atom stereocenters. The van der Waals surface area contributed by atoms with E-state index in [-0.39, 0.29) is 51.4 Å². The highest BCUT2D eigenvalue weighted by molar-refractivity contribution is 7.88. The van der Waals surface area contributed by atoms with E-state index in [4.69, 9.17) is 37.4 Å². The fourth-order valence-electron chi connectivity index (χ4n) is 4.87. The number of rotatable bonds is 9. The summed E-state index contributed by atoms with van der Waals surface area (Å²) in [5.74, 6) is -1.03. The molecule has 0 spiro atoms. The lowest BCUT2D eigenvalue weighted by Crippen LogP contribution is -2.62. The molecule has 3 rings (SSSR count). The Hall–Kier alpha value is -2.53. The van der Waals surface area contributed by atoms with Crippen molar-refractivity contribution in [1.82, 2.24) is 5.32 Å². The Morgan fingerprint density at radius 2 is 1.69 bits per heavy atom. The van der Waals surface area contributed by atoms with Crippen LogP contribution in [0, 0.1) is 0 Å². The fraction of sp³-hybridized carbons (Fsp3) is 0.391. The lowest BCUT2D eigenvalue weighted by atomic mass is 9.65. The Morgan fingerprint density at radius 3 is 2.09 bits per heavy atom. The highest BCUT2D eigenvalue weighted by atomic mass is 35.5. The number of amides is 1. The van der Waals surface area contributed by atoms with E-state index >= 15 is 0 Å². The van der Waals surface area contributed by atoms with Gasteiger partial charge in [0.1, 0.15) is 0 Å². The molecule has 2 aromatic rings.